The third kappa shape index (κ3) is 0.864. The smallest absolute Gasteiger partial charge is 0.162 e. The molecule has 0 amide bonds. The van der Waals surface area contributed by atoms with Gasteiger partial charge in [-0.05, 0) is 25.5 Å². The van der Waals surface area contributed by atoms with Crippen molar-refractivity contribution in [3.8, 4) is 0 Å². The molecular weight excluding hydrogens is 188 g/mol. The summed E-state index contributed by atoms with van der Waals surface area (Å²) in [5.74, 6) is 0.260. The van der Waals surface area contributed by atoms with Crippen LogP contribution in [0, 0.1) is 17.8 Å². The second-order valence-corrected chi connectivity index (χ2v) is 4.94. The molecule has 0 spiro atoms. The maximum atomic E-state index is 11.7. The molecule has 4 unspecified atom stereocenters. The first-order valence-corrected chi connectivity index (χ1v) is 5.37. The Balaban J connectivity index is 2.21. The van der Waals surface area contributed by atoms with E-state index in [2.05, 4.69) is 0 Å². The van der Waals surface area contributed by atoms with E-state index < -0.39 is 5.60 Å². The quantitative estimate of drug-likeness (QED) is 0.606. The van der Waals surface area contributed by atoms with E-state index in [-0.39, 0.29) is 23.5 Å². The fraction of sp³-hybridized carbons (Fsp3) is 0.462. The molecule has 0 aliphatic heterocycles. The van der Waals surface area contributed by atoms with Gasteiger partial charge in [0.15, 0.2) is 5.78 Å². The van der Waals surface area contributed by atoms with Crippen LogP contribution in [0.1, 0.15) is 13.8 Å². The summed E-state index contributed by atoms with van der Waals surface area (Å²) in [5.41, 5.74) is 1.20. The van der Waals surface area contributed by atoms with Crippen molar-refractivity contribution in [3.63, 3.8) is 0 Å². The molecule has 0 aromatic rings. The molecule has 1 fully saturated rings. The highest BCUT2D eigenvalue weighted by Crippen LogP contribution is 2.58. The van der Waals surface area contributed by atoms with Gasteiger partial charge in [0.25, 0.3) is 0 Å². The number of rotatable bonds is 0. The topological polar surface area (TPSA) is 37.3 Å². The lowest BCUT2D eigenvalue weighted by atomic mass is 9.82. The van der Waals surface area contributed by atoms with Gasteiger partial charge in [-0.2, -0.15) is 0 Å². The van der Waals surface area contributed by atoms with Crippen molar-refractivity contribution < 1.29 is 9.90 Å². The molecule has 0 aromatic heterocycles. The van der Waals surface area contributed by atoms with E-state index in [0.29, 0.717) is 0 Å². The van der Waals surface area contributed by atoms with Crippen LogP contribution in [0.15, 0.2) is 35.5 Å². The molecule has 0 saturated heterocycles. The first-order valence-electron chi connectivity index (χ1n) is 5.37. The highest BCUT2D eigenvalue weighted by Gasteiger charge is 2.60. The molecule has 1 saturated carbocycles. The molecule has 2 heteroatoms. The van der Waals surface area contributed by atoms with Gasteiger partial charge in [0.2, 0.25) is 0 Å². The van der Waals surface area contributed by atoms with Crippen molar-refractivity contribution >= 4 is 5.78 Å². The molecule has 1 N–H and O–H groups in total. The molecule has 15 heavy (non-hydrogen) atoms. The van der Waals surface area contributed by atoms with E-state index in [1.807, 2.05) is 32.1 Å². The number of carbonyl (C=O) groups is 1. The maximum absolute atomic E-state index is 11.7. The van der Waals surface area contributed by atoms with Crippen molar-refractivity contribution in [2.24, 2.45) is 17.8 Å². The van der Waals surface area contributed by atoms with Crippen molar-refractivity contribution in [2.75, 3.05) is 0 Å². The summed E-state index contributed by atoms with van der Waals surface area (Å²) in [6.45, 7) is 4.02. The first kappa shape index (κ1) is 9.10. The van der Waals surface area contributed by atoms with Crippen molar-refractivity contribution in [2.45, 2.75) is 19.4 Å². The lowest BCUT2D eigenvalue weighted by Crippen LogP contribution is -2.37. The minimum atomic E-state index is -0.991. The van der Waals surface area contributed by atoms with Crippen LogP contribution in [0.3, 0.4) is 0 Å². The van der Waals surface area contributed by atoms with Gasteiger partial charge in [0, 0.05) is 11.8 Å². The number of hydrogen-bond donors (Lipinski definition) is 1. The van der Waals surface area contributed by atoms with Crippen LogP contribution in [0.25, 0.3) is 0 Å². The van der Waals surface area contributed by atoms with E-state index in [0.717, 1.165) is 11.1 Å². The van der Waals surface area contributed by atoms with Crippen molar-refractivity contribution in [1.82, 2.24) is 0 Å². The third-order valence-electron chi connectivity index (χ3n) is 3.92. The normalized spacial score (nSPS) is 45.4. The maximum Gasteiger partial charge on any atom is 0.162 e. The molecule has 0 radical (unpaired) electrons. The minimum Gasteiger partial charge on any atom is -0.381 e. The number of carbonyl (C=O) groups excluding carboxylic acids is 1. The largest absolute Gasteiger partial charge is 0.381 e. The van der Waals surface area contributed by atoms with Gasteiger partial charge >= 0.3 is 0 Å². The summed E-state index contributed by atoms with van der Waals surface area (Å²) in [4.78, 5) is 11.7. The summed E-state index contributed by atoms with van der Waals surface area (Å²) in [7, 11) is 0. The fourth-order valence-corrected chi connectivity index (χ4v) is 3.48. The molecule has 0 heterocycles. The Morgan fingerprint density at radius 3 is 2.73 bits per heavy atom. The molecule has 78 valence electrons. The average Bonchev–Trinajstić information content (AvgIpc) is 2.73. The van der Waals surface area contributed by atoms with Crippen LogP contribution in [0.5, 0.6) is 0 Å². The Labute approximate surface area is 89.0 Å². The van der Waals surface area contributed by atoms with Gasteiger partial charge < -0.3 is 5.11 Å². The van der Waals surface area contributed by atoms with E-state index in [4.69, 9.17) is 0 Å². The van der Waals surface area contributed by atoms with E-state index in [1.54, 1.807) is 6.08 Å². The fourth-order valence-electron chi connectivity index (χ4n) is 3.48. The Morgan fingerprint density at radius 2 is 2.13 bits per heavy atom. The predicted molar refractivity (Wildman–Crippen MR) is 57.1 cm³/mol. The van der Waals surface area contributed by atoms with Gasteiger partial charge in [-0.25, -0.2) is 0 Å². The average molecular weight is 202 g/mol. The zero-order valence-electron chi connectivity index (χ0n) is 8.90. The molecule has 2 bridgehead atoms. The minimum absolute atomic E-state index is 0.0769. The SMILES string of the molecule is CC(C)=C1C2C=CC1(O)C1C(=O)C=CC21. The van der Waals surface area contributed by atoms with Crippen LogP contribution in [0.4, 0.5) is 0 Å². The van der Waals surface area contributed by atoms with E-state index >= 15 is 0 Å². The molecule has 2 nitrogen and oxygen atoms in total. The van der Waals surface area contributed by atoms with Gasteiger partial charge in [-0.1, -0.05) is 23.8 Å². The Morgan fingerprint density at radius 1 is 1.40 bits per heavy atom. The molecule has 3 aliphatic rings. The Hall–Kier alpha value is -1.15. The second kappa shape index (κ2) is 2.50. The van der Waals surface area contributed by atoms with Crippen molar-refractivity contribution in [3.05, 3.63) is 35.5 Å². The number of aliphatic hydroxyl groups is 1. The summed E-state index contributed by atoms with van der Waals surface area (Å²) >= 11 is 0. The zero-order chi connectivity index (χ0) is 10.8. The highest BCUT2D eigenvalue weighted by atomic mass is 16.3. The van der Waals surface area contributed by atoms with Gasteiger partial charge in [-0.3, -0.25) is 4.79 Å². The number of hydrogen-bond acceptors (Lipinski definition) is 2. The van der Waals surface area contributed by atoms with Gasteiger partial charge in [-0.15, -0.1) is 0 Å². The first-order chi connectivity index (χ1) is 7.05. The van der Waals surface area contributed by atoms with Crippen molar-refractivity contribution in [1.29, 1.82) is 0 Å². The molecule has 3 aliphatic carbocycles. The summed E-state index contributed by atoms with van der Waals surface area (Å²) in [5, 5.41) is 10.6. The molecular formula is C13H14O2. The summed E-state index contributed by atoms with van der Waals surface area (Å²) in [6.07, 6.45) is 7.45. The van der Waals surface area contributed by atoms with E-state index in [9.17, 15) is 9.90 Å². The van der Waals surface area contributed by atoms with Crippen LogP contribution >= 0.6 is 0 Å². The highest BCUT2D eigenvalue weighted by molar-refractivity contribution is 5.97. The molecule has 4 atom stereocenters. The lowest BCUT2D eigenvalue weighted by Gasteiger charge is -2.26. The summed E-state index contributed by atoms with van der Waals surface area (Å²) in [6, 6.07) is 0. The van der Waals surface area contributed by atoms with Crippen LogP contribution in [-0.4, -0.2) is 16.5 Å². The zero-order valence-corrected chi connectivity index (χ0v) is 8.90. The summed E-state index contributed by atoms with van der Waals surface area (Å²) < 4.78 is 0. The van der Waals surface area contributed by atoms with Crippen LogP contribution in [-0.2, 0) is 4.79 Å². The Bertz CT molecular complexity index is 437. The van der Waals surface area contributed by atoms with Crippen LogP contribution < -0.4 is 0 Å². The number of ketones is 1. The van der Waals surface area contributed by atoms with Crippen LogP contribution in [0.2, 0.25) is 0 Å². The monoisotopic (exact) mass is 202 g/mol. The second-order valence-electron chi connectivity index (χ2n) is 4.94. The van der Waals surface area contributed by atoms with Gasteiger partial charge in [0.05, 0.1) is 5.92 Å². The van der Waals surface area contributed by atoms with Gasteiger partial charge in [0.1, 0.15) is 5.60 Å². The third-order valence-corrected chi connectivity index (χ3v) is 3.92. The predicted octanol–water partition coefficient (Wildman–Crippen LogP) is 1.62. The Kier molecular flexibility index (Phi) is 1.52. The molecule has 0 aromatic carbocycles. The number of allylic oxidation sites excluding steroid dienone is 4. The molecule has 3 rings (SSSR count). The number of fused-ring (bicyclic) bond motifs is 5. The standard InChI is InChI=1S/C13H14O2/c1-7(2)11-9-5-6-13(11,15)12-8(9)3-4-10(12)14/h3-6,8-9,12,15H,1-2H3. The van der Waals surface area contributed by atoms with E-state index in [1.165, 1.54) is 0 Å². The lowest BCUT2D eigenvalue weighted by molar-refractivity contribution is -0.122.